The molecule has 0 aromatic carbocycles. The minimum absolute atomic E-state index is 0.256. The summed E-state index contributed by atoms with van der Waals surface area (Å²) in [7, 11) is 0. The molecule has 0 bridgehead atoms. The predicted molar refractivity (Wildman–Crippen MR) is 78.3 cm³/mol. The van der Waals surface area contributed by atoms with Crippen LogP contribution in [0.5, 0.6) is 0 Å². The van der Waals surface area contributed by atoms with Crippen molar-refractivity contribution in [2.45, 2.75) is 51.4 Å². The number of nitriles is 1. The minimum Gasteiger partial charge on any atom is -0.352 e. The van der Waals surface area contributed by atoms with E-state index in [0.29, 0.717) is 29.2 Å². The maximum absolute atomic E-state index is 8.55. The molecule has 0 aliphatic heterocycles. The minimum atomic E-state index is 0.256. The summed E-state index contributed by atoms with van der Waals surface area (Å²) in [5.41, 5.74) is 0. The molecule has 1 aromatic heterocycles. The van der Waals surface area contributed by atoms with Gasteiger partial charge in [-0.3, -0.25) is 0 Å². The highest BCUT2D eigenvalue weighted by Gasteiger charge is 2.08. The molecule has 0 atom stereocenters. The Morgan fingerprint density at radius 1 is 1.05 bits per heavy atom. The first-order valence-electron chi connectivity index (χ1n) is 6.30. The first kappa shape index (κ1) is 15.5. The Balaban J connectivity index is 2.85. The van der Waals surface area contributed by atoms with E-state index >= 15 is 0 Å². The largest absolute Gasteiger partial charge is 0.352 e. The summed E-state index contributed by atoms with van der Waals surface area (Å²) in [6.45, 7) is 8.12. The number of nitrogens with one attached hydrogen (secondary N) is 2. The summed E-state index contributed by atoms with van der Waals surface area (Å²) in [5.74, 6) is 1.81. The topological polar surface area (TPSA) is 86.5 Å². The summed E-state index contributed by atoms with van der Waals surface area (Å²) in [5, 5.41) is 15.5. The Hall–Kier alpha value is -1.55. The van der Waals surface area contributed by atoms with Crippen LogP contribution >= 0.6 is 11.8 Å². The second-order valence-corrected chi connectivity index (χ2v) is 5.68. The molecule has 1 aromatic rings. The molecule has 0 aliphatic carbocycles. The van der Waals surface area contributed by atoms with Crippen molar-refractivity contribution in [3.05, 3.63) is 0 Å². The Morgan fingerprint density at radius 3 is 2.00 bits per heavy atom. The molecule has 0 aliphatic rings. The first-order chi connectivity index (χ1) is 9.01. The zero-order chi connectivity index (χ0) is 14.3. The molecule has 1 heterocycles. The Bertz CT molecular complexity index is 412. The van der Waals surface area contributed by atoms with Gasteiger partial charge in [0, 0.05) is 24.3 Å². The third-order valence-electron chi connectivity index (χ3n) is 1.90. The molecule has 0 saturated heterocycles. The van der Waals surface area contributed by atoms with E-state index in [9.17, 15) is 0 Å². The van der Waals surface area contributed by atoms with Crippen molar-refractivity contribution in [2.75, 3.05) is 16.4 Å². The van der Waals surface area contributed by atoms with E-state index in [1.165, 1.54) is 11.8 Å². The number of thioether (sulfide) groups is 1. The van der Waals surface area contributed by atoms with Gasteiger partial charge in [0.05, 0.1) is 6.07 Å². The third-order valence-corrected chi connectivity index (χ3v) is 2.74. The number of hydrogen-bond acceptors (Lipinski definition) is 7. The quantitative estimate of drug-likeness (QED) is 0.586. The fourth-order valence-electron chi connectivity index (χ4n) is 1.25. The fraction of sp³-hybridized carbons (Fsp3) is 0.667. The highest BCUT2D eigenvalue weighted by Crippen LogP contribution is 2.18. The van der Waals surface area contributed by atoms with E-state index in [0.717, 1.165) is 0 Å². The Morgan fingerprint density at radius 2 is 1.58 bits per heavy atom. The summed E-state index contributed by atoms with van der Waals surface area (Å²) >= 11 is 1.46. The first-order valence-corrected chi connectivity index (χ1v) is 7.28. The molecule has 0 amide bonds. The standard InChI is InChI=1S/C12H20N6S/c1-8(2)14-10-16-11(15-9(3)4)18-12(17-10)19-7-5-6-13/h8-9H,5,7H2,1-4H3,(H2,14,15,16,17,18). The molecule has 0 saturated carbocycles. The molecule has 0 unspecified atom stereocenters. The van der Waals surface area contributed by atoms with E-state index in [1.54, 1.807) is 0 Å². The molecule has 104 valence electrons. The number of hydrogen-bond donors (Lipinski definition) is 2. The second kappa shape index (κ2) is 7.79. The van der Waals surface area contributed by atoms with E-state index in [-0.39, 0.29) is 12.1 Å². The number of anilines is 2. The Kier molecular flexibility index (Phi) is 6.36. The lowest BCUT2D eigenvalue weighted by atomic mass is 10.4. The molecular weight excluding hydrogens is 260 g/mol. The van der Waals surface area contributed by atoms with Crippen LogP contribution in [0.3, 0.4) is 0 Å². The molecule has 6 nitrogen and oxygen atoms in total. The van der Waals surface area contributed by atoms with Crippen molar-refractivity contribution >= 4 is 23.7 Å². The monoisotopic (exact) mass is 280 g/mol. The predicted octanol–water partition coefficient (Wildman–Crippen LogP) is 2.52. The van der Waals surface area contributed by atoms with Gasteiger partial charge >= 0.3 is 0 Å². The van der Waals surface area contributed by atoms with Gasteiger partial charge in [0.1, 0.15) is 0 Å². The van der Waals surface area contributed by atoms with Gasteiger partial charge in [-0.05, 0) is 27.7 Å². The summed E-state index contributed by atoms with van der Waals surface area (Å²) < 4.78 is 0. The molecule has 7 heteroatoms. The summed E-state index contributed by atoms with van der Waals surface area (Å²) in [6.07, 6.45) is 0.482. The molecule has 0 spiro atoms. The van der Waals surface area contributed by atoms with Crippen LogP contribution < -0.4 is 10.6 Å². The van der Waals surface area contributed by atoms with Crippen LogP contribution in [-0.4, -0.2) is 32.8 Å². The number of rotatable bonds is 7. The smallest absolute Gasteiger partial charge is 0.228 e. The van der Waals surface area contributed by atoms with Crippen molar-refractivity contribution in [3.63, 3.8) is 0 Å². The average molecular weight is 280 g/mol. The highest BCUT2D eigenvalue weighted by molar-refractivity contribution is 7.99. The van der Waals surface area contributed by atoms with E-state index in [2.05, 4.69) is 31.7 Å². The van der Waals surface area contributed by atoms with E-state index in [4.69, 9.17) is 5.26 Å². The molecule has 2 N–H and O–H groups in total. The van der Waals surface area contributed by atoms with Crippen LogP contribution in [-0.2, 0) is 0 Å². The molecule has 19 heavy (non-hydrogen) atoms. The zero-order valence-corrected chi connectivity index (χ0v) is 12.6. The van der Waals surface area contributed by atoms with Crippen molar-refractivity contribution in [3.8, 4) is 6.07 Å². The molecule has 0 radical (unpaired) electrons. The van der Waals surface area contributed by atoms with Crippen LogP contribution in [0, 0.1) is 11.3 Å². The van der Waals surface area contributed by atoms with Gasteiger partial charge in [0.25, 0.3) is 0 Å². The SMILES string of the molecule is CC(C)Nc1nc(NC(C)C)nc(SCCC#N)n1. The Labute approximate surface area is 118 Å². The van der Waals surface area contributed by atoms with Gasteiger partial charge < -0.3 is 10.6 Å². The lowest BCUT2D eigenvalue weighted by Crippen LogP contribution is -2.17. The van der Waals surface area contributed by atoms with Crippen LogP contribution in [0.4, 0.5) is 11.9 Å². The normalized spacial score (nSPS) is 10.6. The molecular formula is C12H20N6S. The maximum atomic E-state index is 8.55. The van der Waals surface area contributed by atoms with Gasteiger partial charge in [-0.1, -0.05) is 11.8 Å². The lowest BCUT2D eigenvalue weighted by molar-refractivity contribution is 0.812. The number of nitrogens with zero attached hydrogens (tertiary/aromatic N) is 4. The van der Waals surface area contributed by atoms with Gasteiger partial charge in [-0.2, -0.15) is 20.2 Å². The van der Waals surface area contributed by atoms with Crippen LogP contribution in [0.15, 0.2) is 5.16 Å². The van der Waals surface area contributed by atoms with Gasteiger partial charge in [-0.15, -0.1) is 0 Å². The van der Waals surface area contributed by atoms with Gasteiger partial charge in [-0.25, -0.2) is 0 Å². The molecule has 0 fully saturated rings. The third kappa shape index (κ3) is 6.25. The lowest BCUT2D eigenvalue weighted by Gasteiger charge is -2.13. The van der Waals surface area contributed by atoms with Gasteiger partial charge in [0.15, 0.2) is 5.16 Å². The maximum Gasteiger partial charge on any atom is 0.228 e. The van der Waals surface area contributed by atoms with Crippen molar-refractivity contribution in [2.24, 2.45) is 0 Å². The van der Waals surface area contributed by atoms with Crippen LogP contribution in [0.2, 0.25) is 0 Å². The average Bonchev–Trinajstić information content (AvgIpc) is 2.27. The van der Waals surface area contributed by atoms with Gasteiger partial charge in [0.2, 0.25) is 11.9 Å². The number of aromatic nitrogens is 3. The summed E-state index contributed by atoms with van der Waals surface area (Å²) in [6, 6.07) is 2.62. The van der Waals surface area contributed by atoms with Crippen molar-refractivity contribution in [1.82, 2.24) is 15.0 Å². The summed E-state index contributed by atoms with van der Waals surface area (Å²) in [4.78, 5) is 13.0. The highest BCUT2D eigenvalue weighted by atomic mass is 32.2. The van der Waals surface area contributed by atoms with Crippen LogP contribution in [0.1, 0.15) is 34.1 Å². The molecule has 1 rings (SSSR count). The van der Waals surface area contributed by atoms with Crippen molar-refractivity contribution < 1.29 is 0 Å². The second-order valence-electron chi connectivity index (χ2n) is 4.62. The zero-order valence-electron chi connectivity index (χ0n) is 11.8. The van der Waals surface area contributed by atoms with E-state index in [1.807, 2.05) is 27.7 Å². The van der Waals surface area contributed by atoms with E-state index < -0.39 is 0 Å². The fourth-order valence-corrected chi connectivity index (χ4v) is 1.93. The van der Waals surface area contributed by atoms with Crippen molar-refractivity contribution in [1.29, 1.82) is 5.26 Å². The van der Waals surface area contributed by atoms with Crippen LogP contribution in [0.25, 0.3) is 0 Å².